The zero-order valence-corrected chi connectivity index (χ0v) is 15.0. The Labute approximate surface area is 154 Å². The van der Waals surface area contributed by atoms with Crippen LogP contribution in [0.5, 0.6) is 0 Å². The van der Waals surface area contributed by atoms with Gasteiger partial charge in [0.15, 0.2) is 0 Å². The van der Waals surface area contributed by atoms with Gasteiger partial charge < -0.3 is 10.2 Å². The van der Waals surface area contributed by atoms with Crippen molar-refractivity contribution in [1.29, 1.82) is 0 Å². The minimum Gasteiger partial charge on any atom is -0.370 e. The normalized spacial score (nSPS) is 34.3. The molecule has 6 rings (SSSR count). The van der Waals surface area contributed by atoms with E-state index in [1.165, 1.54) is 37.8 Å². The summed E-state index contributed by atoms with van der Waals surface area (Å²) in [6.07, 6.45) is 8.45. The maximum atomic E-state index is 13.0. The van der Waals surface area contributed by atoms with Gasteiger partial charge >= 0.3 is 0 Å². The number of nitrogens with one attached hydrogen (secondary N) is 1. The van der Waals surface area contributed by atoms with E-state index in [2.05, 4.69) is 33.4 Å². The average Bonchev–Trinajstić information content (AvgIpc) is 3.06. The number of hydrogen-bond acceptors (Lipinski definition) is 3. The molecule has 0 spiro atoms. The highest BCUT2D eigenvalue weighted by Crippen LogP contribution is 2.69. The largest absolute Gasteiger partial charge is 0.370 e. The zero-order chi connectivity index (χ0) is 17.3. The van der Waals surface area contributed by atoms with Gasteiger partial charge in [0, 0.05) is 30.6 Å². The summed E-state index contributed by atoms with van der Waals surface area (Å²) in [5.41, 5.74) is 3.15. The Bertz CT molecular complexity index is 872. The standard InChI is InChI=1S/C22H25N3O/c26-22(20-18-13-5-6-14(12-13)19(18)20)24-16-7-8-17(25-10-1-2-11-25)21-15(16)4-3-9-23-21/h3-4,7-9,13-14,18-20H,1-2,5-6,10-12H2,(H,24,26)/t13-,14+,18+,19-,20?. The summed E-state index contributed by atoms with van der Waals surface area (Å²) in [6.45, 7) is 2.21. The predicted molar refractivity (Wildman–Crippen MR) is 103 cm³/mol. The second kappa shape index (κ2) is 5.45. The number of nitrogens with zero attached hydrogens (tertiary/aromatic N) is 2. The third kappa shape index (κ3) is 2.07. The number of rotatable bonds is 3. The van der Waals surface area contributed by atoms with Crippen LogP contribution in [0, 0.1) is 29.6 Å². The van der Waals surface area contributed by atoms with Crippen molar-refractivity contribution >= 4 is 28.2 Å². The fraction of sp³-hybridized carbons (Fsp3) is 0.545. The Balaban J connectivity index is 1.30. The van der Waals surface area contributed by atoms with Crippen LogP contribution in [0.4, 0.5) is 11.4 Å². The predicted octanol–water partition coefficient (Wildman–Crippen LogP) is 4.07. The molecule has 1 aromatic heterocycles. The van der Waals surface area contributed by atoms with E-state index < -0.39 is 0 Å². The molecule has 1 unspecified atom stereocenters. The first-order valence-electron chi connectivity index (χ1n) is 10.2. The van der Waals surface area contributed by atoms with E-state index in [0.29, 0.717) is 11.8 Å². The van der Waals surface area contributed by atoms with E-state index in [0.717, 1.165) is 41.5 Å². The average molecular weight is 347 g/mol. The maximum Gasteiger partial charge on any atom is 0.228 e. The van der Waals surface area contributed by atoms with Crippen molar-refractivity contribution in [3.8, 4) is 0 Å². The van der Waals surface area contributed by atoms with Crippen LogP contribution in [0.1, 0.15) is 32.1 Å². The van der Waals surface area contributed by atoms with E-state index in [4.69, 9.17) is 0 Å². The lowest BCUT2D eigenvalue weighted by molar-refractivity contribution is -0.118. The summed E-state index contributed by atoms with van der Waals surface area (Å²) in [4.78, 5) is 20.0. The molecule has 134 valence electrons. The van der Waals surface area contributed by atoms with Gasteiger partial charge in [-0.3, -0.25) is 9.78 Å². The van der Waals surface area contributed by atoms with Crippen LogP contribution >= 0.6 is 0 Å². The quantitative estimate of drug-likeness (QED) is 0.910. The Hall–Kier alpha value is -2.10. The Kier molecular flexibility index (Phi) is 3.14. The van der Waals surface area contributed by atoms with E-state index in [9.17, 15) is 4.79 Å². The van der Waals surface area contributed by atoms with Crippen molar-refractivity contribution in [2.24, 2.45) is 29.6 Å². The third-order valence-electron chi connectivity index (χ3n) is 7.49. The second-order valence-electron chi connectivity index (χ2n) is 8.73. The summed E-state index contributed by atoms with van der Waals surface area (Å²) in [5, 5.41) is 4.33. The molecule has 4 heteroatoms. The minimum atomic E-state index is 0.246. The Morgan fingerprint density at radius 3 is 2.62 bits per heavy atom. The van der Waals surface area contributed by atoms with E-state index >= 15 is 0 Å². The molecule has 3 saturated carbocycles. The van der Waals surface area contributed by atoms with Gasteiger partial charge in [0.2, 0.25) is 5.91 Å². The lowest BCUT2D eigenvalue weighted by Gasteiger charge is -2.20. The van der Waals surface area contributed by atoms with Gasteiger partial charge in [-0.15, -0.1) is 0 Å². The second-order valence-corrected chi connectivity index (χ2v) is 8.73. The van der Waals surface area contributed by atoms with Crippen LogP contribution < -0.4 is 10.2 Å². The molecule has 4 aliphatic rings. The molecule has 1 aliphatic heterocycles. The lowest BCUT2D eigenvalue weighted by atomic mass is 10.0. The van der Waals surface area contributed by atoms with Crippen LogP contribution in [0.3, 0.4) is 0 Å². The van der Waals surface area contributed by atoms with Gasteiger partial charge in [-0.25, -0.2) is 0 Å². The zero-order valence-electron chi connectivity index (χ0n) is 15.0. The number of carbonyl (C=O) groups excluding carboxylic acids is 1. The topological polar surface area (TPSA) is 45.2 Å². The SMILES string of the molecule is O=C(Nc1ccc(N2CCCC2)c2ncccc12)C1[C@@H]2[C@H]3CC[C@H](C3)[C@H]12. The molecular weight excluding hydrogens is 322 g/mol. The highest BCUT2D eigenvalue weighted by atomic mass is 16.2. The van der Waals surface area contributed by atoms with Crippen LogP contribution in [0.15, 0.2) is 30.5 Å². The van der Waals surface area contributed by atoms with E-state index in [1.54, 1.807) is 0 Å². The molecule has 1 amide bonds. The first kappa shape index (κ1) is 15.0. The molecule has 4 nitrogen and oxygen atoms in total. The summed E-state index contributed by atoms with van der Waals surface area (Å²) < 4.78 is 0. The van der Waals surface area contributed by atoms with Gasteiger partial charge in [0.05, 0.1) is 16.9 Å². The molecule has 2 bridgehead atoms. The van der Waals surface area contributed by atoms with Crippen LogP contribution in [0.2, 0.25) is 0 Å². The summed E-state index contributed by atoms with van der Waals surface area (Å²) in [6, 6.07) is 8.29. The van der Waals surface area contributed by atoms with Crippen molar-refractivity contribution in [3.63, 3.8) is 0 Å². The fourth-order valence-corrected chi connectivity index (χ4v) is 6.37. The van der Waals surface area contributed by atoms with Gasteiger partial charge in [-0.2, -0.15) is 0 Å². The minimum absolute atomic E-state index is 0.246. The first-order valence-corrected chi connectivity index (χ1v) is 10.2. The number of benzene rings is 1. The maximum absolute atomic E-state index is 13.0. The van der Waals surface area contributed by atoms with Gasteiger partial charge in [-0.1, -0.05) is 0 Å². The molecule has 5 atom stereocenters. The molecule has 2 heterocycles. The molecule has 4 fully saturated rings. The van der Waals surface area contributed by atoms with E-state index in [-0.39, 0.29) is 11.8 Å². The highest BCUT2D eigenvalue weighted by molar-refractivity contribution is 6.06. The van der Waals surface area contributed by atoms with Crippen LogP contribution in [-0.2, 0) is 4.79 Å². The lowest BCUT2D eigenvalue weighted by Crippen LogP contribution is -2.20. The number of fused-ring (bicyclic) bond motifs is 6. The van der Waals surface area contributed by atoms with Crippen molar-refractivity contribution in [1.82, 2.24) is 4.98 Å². The molecule has 1 aromatic carbocycles. The smallest absolute Gasteiger partial charge is 0.228 e. The number of anilines is 2. The van der Waals surface area contributed by atoms with Crippen molar-refractivity contribution in [2.75, 3.05) is 23.3 Å². The monoisotopic (exact) mass is 347 g/mol. The van der Waals surface area contributed by atoms with Crippen LogP contribution in [0.25, 0.3) is 10.9 Å². The first-order chi connectivity index (χ1) is 12.8. The number of carbonyl (C=O) groups is 1. The summed E-state index contributed by atoms with van der Waals surface area (Å²) in [7, 11) is 0. The Morgan fingerprint density at radius 1 is 1.08 bits per heavy atom. The van der Waals surface area contributed by atoms with Gasteiger partial charge in [0.25, 0.3) is 0 Å². The van der Waals surface area contributed by atoms with Crippen molar-refractivity contribution in [2.45, 2.75) is 32.1 Å². The molecule has 1 saturated heterocycles. The number of hydrogen-bond donors (Lipinski definition) is 1. The van der Waals surface area contributed by atoms with E-state index in [1.807, 2.05) is 12.3 Å². The molecule has 1 N–H and O–H groups in total. The number of pyridine rings is 1. The molecule has 0 radical (unpaired) electrons. The Morgan fingerprint density at radius 2 is 1.85 bits per heavy atom. The summed E-state index contributed by atoms with van der Waals surface area (Å²) >= 11 is 0. The molecule has 2 aromatic rings. The third-order valence-corrected chi connectivity index (χ3v) is 7.49. The molecular formula is C22H25N3O. The number of amides is 1. The van der Waals surface area contributed by atoms with Crippen molar-refractivity contribution < 1.29 is 4.79 Å². The van der Waals surface area contributed by atoms with Crippen LogP contribution in [-0.4, -0.2) is 24.0 Å². The fourth-order valence-electron chi connectivity index (χ4n) is 6.37. The van der Waals surface area contributed by atoms with Crippen molar-refractivity contribution in [3.05, 3.63) is 30.5 Å². The van der Waals surface area contributed by atoms with Gasteiger partial charge in [-0.05, 0) is 80.0 Å². The summed E-state index contributed by atoms with van der Waals surface area (Å²) in [5.74, 6) is 3.54. The highest BCUT2D eigenvalue weighted by Gasteiger charge is 2.67. The number of aromatic nitrogens is 1. The molecule has 3 aliphatic carbocycles. The van der Waals surface area contributed by atoms with Gasteiger partial charge in [0.1, 0.15) is 0 Å². The molecule has 26 heavy (non-hydrogen) atoms.